The van der Waals surface area contributed by atoms with Crippen molar-refractivity contribution in [3.05, 3.63) is 47.4 Å². The summed E-state index contributed by atoms with van der Waals surface area (Å²) >= 11 is 6.05. The fraction of sp³-hybridized carbons (Fsp3) is 0.312. The van der Waals surface area contributed by atoms with Crippen LogP contribution in [0.25, 0.3) is 0 Å². The number of nitrogens with one attached hydrogen (secondary N) is 2. The molecule has 1 aromatic carbocycles. The highest BCUT2D eigenvalue weighted by Gasteiger charge is 2.16. The molecule has 1 aromatic heterocycles. The number of sulfonamides is 1. The molecule has 2 N–H and O–H groups in total. The highest BCUT2D eigenvalue weighted by molar-refractivity contribution is 7.89. The SMILES string of the molecule is COCCNS(=O)(=O)c1ccc(OCC(=O)NCc2ccco2)c(Cl)c1. The third-order valence-electron chi connectivity index (χ3n) is 3.21. The lowest BCUT2D eigenvalue weighted by atomic mass is 10.3. The van der Waals surface area contributed by atoms with Crippen LogP contribution in [0.4, 0.5) is 0 Å². The van der Waals surface area contributed by atoms with E-state index < -0.39 is 10.0 Å². The molecule has 10 heteroatoms. The van der Waals surface area contributed by atoms with Crippen molar-refractivity contribution in [3.63, 3.8) is 0 Å². The summed E-state index contributed by atoms with van der Waals surface area (Å²) in [6.45, 7) is 0.373. The summed E-state index contributed by atoms with van der Waals surface area (Å²) in [5.41, 5.74) is 0. The van der Waals surface area contributed by atoms with Crippen LogP contribution in [0.5, 0.6) is 5.75 Å². The molecule has 0 unspecified atom stereocenters. The van der Waals surface area contributed by atoms with Crippen molar-refractivity contribution in [2.75, 3.05) is 26.9 Å². The molecule has 0 spiro atoms. The predicted octanol–water partition coefficient (Wildman–Crippen LogP) is 1.55. The average molecular weight is 403 g/mol. The zero-order valence-corrected chi connectivity index (χ0v) is 15.6. The number of ether oxygens (including phenoxy) is 2. The van der Waals surface area contributed by atoms with E-state index in [0.29, 0.717) is 5.76 Å². The fourth-order valence-corrected chi connectivity index (χ4v) is 3.26. The molecule has 0 atom stereocenters. The van der Waals surface area contributed by atoms with Crippen LogP contribution in [0.3, 0.4) is 0 Å². The van der Waals surface area contributed by atoms with Gasteiger partial charge in [-0.3, -0.25) is 4.79 Å². The van der Waals surface area contributed by atoms with Gasteiger partial charge in [0, 0.05) is 13.7 Å². The summed E-state index contributed by atoms with van der Waals surface area (Å²) in [6, 6.07) is 7.45. The minimum absolute atomic E-state index is 0.00627. The molecule has 26 heavy (non-hydrogen) atoms. The van der Waals surface area contributed by atoms with Crippen LogP contribution >= 0.6 is 11.6 Å². The Hall–Kier alpha value is -2.07. The normalized spacial score (nSPS) is 11.3. The quantitative estimate of drug-likeness (QED) is 0.584. The van der Waals surface area contributed by atoms with Gasteiger partial charge in [0.2, 0.25) is 10.0 Å². The maximum Gasteiger partial charge on any atom is 0.258 e. The molecule has 0 aliphatic rings. The number of rotatable bonds is 10. The maximum atomic E-state index is 12.1. The number of carbonyl (C=O) groups excluding carboxylic acids is 1. The predicted molar refractivity (Wildman–Crippen MR) is 94.6 cm³/mol. The van der Waals surface area contributed by atoms with Crippen LogP contribution in [0, 0.1) is 0 Å². The van der Waals surface area contributed by atoms with Gasteiger partial charge in [-0.1, -0.05) is 11.6 Å². The standard InChI is InChI=1S/C16H19ClN2O6S/c1-23-8-6-19-26(21,22)13-4-5-15(14(17)9-13)25-11-16(20)18-10-12-3-2-7-24-12/h2-5,7,9,19H,6,8,10-11H2,1H3,(H,18,20). The summed E-state index contributed by atoms with van der Waals surface area (Å²) in [6.07, 6.45) is 1.51. The van der Waals surface area contributed by atoms with E-state index in [1.807, 2.05) is 0 Å². The number of methoxy groups -OCH3 is 1. The van der Waals surface area contributed by atoms with Gasteiger partial charge in [0.1, 0.15) is 11.5 Å². The number of hydrogen-bond donors (Lipinski definition) is 2. The number of benzene rings is 1. The summed E-state index contributed by atoms with van der Waals surface area (Å²) in [7, 11) is -2.22. The Balaban J connectivity index is 1.89. The van der Waals surface area contributed by atoms with Crippen LogP contribution in [-0.2, 0) is 26.1 Å². The van der Waals surface area contributed by atoms with Gasteiger partial charge in [0.25, 0.3) is 5.91 Å². The molecule has 1 heterocycles. The first-order valence-electron chi connectivity index (χ1n) is 7.62. The third kappa shape index (κ3) is 6.03. The Bertz CT molecular complexity index is 823. The first kappa shape index (κ1) is 20.2. The van der Waals surface area contributed by atoms with Gasteiger partial charge in [0.15, 0.2) is 6.61 Å². The molecular weight excluding hydrogens is 384 g/mol. The molecule has 1 amide bonds. The highest BCUT2D eigenvalue weighted by Crippen LogP contribution is 2.27. The minimum Gasteiger partial charge on any atom is -0.482 e. The van der Waals surface area contributed by atoms with E-state index in [1.165, 1.54) is 31.6 Å². The van der Waals surface area contributed by atoms with Gasteiger partial charge in [-0.05, 0) is 30.3 Å². The maximum absolute atomic E-state index is 12.1. The number of amides is 1. The monoisotopic (exact) mass is 402 g/mol. The molecule has 0 fully saturated rings. The lowest BCUT2D eigenvalue weighted by molar-refractivity contribution is -0.123. The van der Waals surface area contributed by atoms with E-state index in [1.54, 1.807) is 12.1 Å². The Morgan fingerprint density at radius 2 is 2.12 bits per heavy atom. The van der Waals surface area contributed by atoms with Gasteiger partial charge in [-0.15, -0.1) is 0 Å². The van der Waals surface area contributed by atoms with Crippen molar-refractivity contribution in [1.29, 1.82) is 0 Å². The van der Waals surface area contributed by atoms with Gasteiger partial charge >= 0.3 is 0 Å². The largest absolute Gasteiger partial charge is 0.482 e. The number of carbonyl (C=O) groups is 1. The van der Waals surface area contributed by atoms with Crippen molar-refractivity contribution in [2.45, 2.75) is 11.4 Å². The van der Waals surface area contributed by atoms with Gasteiger partial charge in [0.05, 0.1) is 29.3 Å². The number of furan rings is 1. The molecule has 0 aliphatic heterocycles. The Kier molecular flexibility index (Phi) is 7.46. The topological polar surface area (TPSA) is 107 Å². The second-order valence-corrected chi connectivity index (χ2v) is 7.30. The minimum atomic E-state index is -3.70. The molecule has 2 rings (SSSR count). The first-order chi connectivity index (χ1) is 12.4. The van der Waals surface area contributed by atoms with Crippen molar-refractivity contribution < 1.29 is 27.1 Å². The van der Waals surface area contributed by atoms with Crippen LogP contribution in [0.2, 0.25) is 5.02 Å². The van der Waals surface area contributed by atoms with Crippen molar-refractivity contribution in [3.8, 4) is 5.75 Å². The van der Waals surface area contributed by atoms with Gasteiger partial charge < -0.3 is 19.2 Å². The van der Waals surface area contributed by atoms with Crippen LogP contribution in [-0.4, -0.2) is 41.2 Å². The van der Waals surface area contributed by atoms with Crippen LogP contribution < -0.4 is 14.8 Å². The van der Waals surface area contributed by atoms with Crippen molar-refractivity contribution in [1.82, 2.24) is 10.0 Å². The average Bonchev–Trinajstić information content (AvgIpc) is 3.12. The second kappa shape index (κ2) is 9.58. The third-order valence-corrected chi connectivity index (χ3v) is 4.96. The smallest absolute Gasteiger partial charge is 0.258 e. The van der Waals surface area contributed by atoms with Crippen molar-refractivity contribution in [2.24, 2.45) is 0 Å². The lowest BCUT2D eigenvalue weighted by Gasteiger charge is -2.10. The van der Waals surface area contributed by atoms with E-state index in [0.717, 1.165) is 0 Å². The molecule has 2 aromatic rings. The van der Waals surface area contributed by atoms with Crippen molar-refractivity contribution >= 4 is 27.5 Å². The van der Waals surface area contributed by atoms with E-state index >= 15 is 0 Å². The molecule has 0 radical (unpaired) electrons. The van der Waals surface area contributed by atoms with Gasteiger partial charge in [-0.25, -0.2) is 13.1 Å². The summed E-state index contributed by atoms with van der Waals surface area (Å²) in [5, 5.41) is 2.70. The number of halogens is 1. The van der Waals surface area contributed by atoms with Gasteiger partial charge in [-0.2, -0.15) is 0 Å². The van der Waals surface area contributed by atoms with Crippen LogP contribution in [0.1, 0.15) is 5.76 Å². The first-order valence-corrected chi connectivity index (χ1v) is 9.48. The summed E-state index contributed by atoms with van der Waals surface area (Å²) in [4.78, 5) is 11.8. The molecule has 142 valence electrons. The van der Waals surface area contributed by atoms with E-state index in [4.69, 9.17) is 25.5 Å². The summed E-state index contributed by atoms with van der Waals surface area (Å²) in [5.74, 6) is 0.456. The van der Waals surface area contributed by atoms with Crippen LogP contribution in [0.15, 0.2) is 45.9 Å². The van der Waals surface area contributed by atoms with E-state index in [2.05, 4.69) is 10.0 Å². The molecule has 0 bridgehead atoms. The lowest BCUT2D eigenvalue weighted by Crippen LogP contribution is -2.28. The zero-order chi connectivity index (χ0) is 19.0. The Labute approximate surface area is 156 Å². The molecular formula is C16H19ClN2O6S. The highest BCUT2D eigenvalue weighted by atomic mass is 35.5. The summed E-state index contributed by atoms with van der Waals surface area (Å²) < 4.78 is 41.8. The number of hydrogen-bond acceptors (Lipinski definition) is 6. The van der Waals surface area contributed by atoms with E-state index in [-0.39, 0.29) is 47.9 Å². The fourth-order valence-electron chi connectivity index (χ4n) is 1.92. The molecule has 0 aliphatic carbocycles. The molecule has 8 nitrogen and oxygen atoms in total. The Morgan fingerprint density at radius 3 is 2.77 bits per heavy atom. The molecule has 0 saturated heterocycles. The Morgan fingerprint density at radius 1 is 1.31 bits per heavy atom. The van der Waals surface area contributed by atoms with E-state index in [9.17, 15) is 13.2 Å². The molecule has 0 saturated carbocycles. The second-order valence-electron chi connectivity index (χ2n) is 5.13. The zero-order valence-electron chi connectivity index (χ0n) is 14.0.